The van der Waals surface area contributed by atoms with Gasteiger partial charge in [0.1, 0.15) is 6.61 Å². The van der Waals surface area contributed by atoms with Crippen molar-refractivity contribution in [2.24, 2.45) is 28.6 Å². The van der Waals surface area contributed by atoms with Crippen LogP contribution in [0, 0.1) is 28.6 Å². The van der Waals surface area contributed by atoms with Crippen LogP contribution in [-0.2, 0) is 19.1 Å². The van der Waals surface area contributed by atoms with Gasteiger partial charge < -0.3 is 20.7 Å². The van der Waals surface area contributed by atoms with Crippen LogP contribution in [0.1, 0.15) is 89.0 Å². The Balaban J connectivity index is 4.28. The van der Waals surface area contributed by atoms with Gasteiger partial charge in [-0.15, -0.1) is 0 Å². The molecule has 0 rings (SSSR count). The van der Waals surface area contributed by atoms with Crippen LogP contribution in [0.5, 0.6) is 0 Å². The predicted molar refractivity (Wildman–Crippen MR) is 135 cm³/mol. The summed E-state index contributed by atoms with van der Waals surface area (Å²) in [6, 6.07) is 0. The second-order valence-corrected chi connectivity index (χ2v) is 12.5. The Morgan fingerprint density at radius 3 is 1.70 bits per heavy atom. The fourth-order valence-electron chi connectivity index (χ4n) is 3.14. The third kappa shape index (κ3) is 15.0. The molecule has 33 heavy (non-hydrogen) atoms. The predicted octanol–water partition coefficient (Wildman–Crippen LogP) is 3.91. The van der Waals surface area contributed by atoms with E-state index >= 15 is 0 Å². The van der Waals surface area contributed by atoms with Gasteiger partial charge in [0.2, 0.25) is 17.7 Å². The summed E-state index contributed by atoms with van der Waals surface area (Å²) < 4.78 is 5.49. The molecule has 0 saturated carbocycles. The monoisotopic (exact) mass is 469 g/mol. The SMILES string of the molecule is CC(CNC(=O)COC(C)(C)C)CC(C)CNC(=O)CC(C)C(C)(C)CNC(=O)C(C)(C)C. The molecule has 0 aliphatic carbocycles. The third-order valence-corrected chi connectivity index (χ3v) is 5.95. The summed E-state index contributed by atoms with van der Waals surface area (Å²) in [6.07, 6.45) is 1.32. The normalized spacial score (nSPS) is 15.4. The molecular formula is C26H51N3O4. The van der Waals surface area contributed by atoms with Crippen molar-refractivity contribution in [3.8, 4) is 0 Å². The lowest BCUT2D eigenvalue weighted by Gasteiger charge is -2.33. The van der Waals surface area contributed by atoms with Crippen LogP contribution < -0.4 is 16.0 Å². The summed E-state index contributed by atoms with van der Waals surface area (Å²) in [5, 5.41) is 8.98. The van der Waals surface area contributed by atoms with Crippen LogP contribution >= 0.6 is 0 Å². The minimum atomic E-state index is -0.424. The first-order chi connectivity index (χ1) is 14.8. The maximum absolute atomic E-state index is 12.5. The van der Waals surface area contributed by atoms with Crippen LogP contribution in [0.2, 0.25) is 0 Å². The molecule has 0 aromatic heterocycles. The number of amides is 3. The van der Waals surface area contributed by atoms with Gasteiger partial charge in [0.15, 0.2) is 0 Å². The Labute approximate surface area is 202 Å². The lowest BCUT2D eigenvalue weighted by molar-refractivity contribution is -0.130. The molecular weight excluding hydrogens is 418 g/mol. The number of hydrogen-bond acceptors (Lipinski definition) is 4. The molecule has 3 atom stereocenters. The average molecular weight is 470 g/mol. The first-order valence-electron chi connectivity index (χ1n) is 12.3. The van der Waals surface area contributed by atoms with Gasteiger partial charge in [-0.1, -0.05) is 55.4 Å². The zero-order chi connectivity index (χ0) is 26.0. The second kappa shape index (κ2) is 13.3. The van der Waals surface area contributed by atoms with Crippen LogP contribution in [-0.4, -0.2) is 49.6 Å². The van der Waals surface area contributed by atoms with Gasteiger partial charge in [-0.25, -0.2) is 0 Å². The molecule has 0 spiro atoms. The molecule has 3 amide bonds. The fraction of sp³-hybridized carbons (Fsp3) is 0.885. The van der Waals surface area contributed by atoms with E-state index in [2.05, 4.69) is 50.6 Å². The van der Waals surface area contributed by atoms with Gasteiger partial charge in [0, 0.05) is 31.5 Å². The third-order valence-electron chi connectivity index (χ3n) is 5.95. The molecule has 0 bridgehead atoms. The van der Waals surface area contributed by atoms with Crippen molar-refractivity contribution in [2.45, 2.75) is 94.6 Å². The average Bonchev–Trinajstić information content (AvgIpc) is 2.65. The minimum Gasteiger partial charge on any atom is -0.366 e. The topological polar surface area (TPSA) is 96.5 Å². The Bertz CT molecular complexity index is 632. The molecule has 7 nitrogen and oxygen atoms in total. The molecule has 0 aliphatic rings. The summed E-state index contributed by atoms with van der Waals surface area (Å²) in [6.45, 7) is 23.7. The van der Waals surface area contributed by atoms with Gasteiger partial charge in [-0.3, -0.25) is 14.4 Å². The van der Waals surface area contributed by atoms with Crippen molar-refractivity contribution in [2.75, 3.05) is 26.2 Å². The highest BCUT2D eigenvalue weighted by Crippen LogP contribution is 2.29. The van der Waals surface area contributed by atoms with E-state index in [0.717, 1.165) is 6.42 Å². The summed E-state index contributed by atoms with van der Waals surface area (Å²) in [5.74, 6) is 0.685. The molecule has 0 aliphatic heterocycles. The van der Waals surface area contributed by atoms with Gasteiger partial charge >= 0.3 is 0 Å². The van der Waals surface area contributed by atoms with E-state index in [1.54, 1.807) is 0 Å². The van der Waals surface area contributed by atoms with Crippen LogP contribution in [0.4, 0.5) is 0 Å². The maximum atomic E-state index is 12.5. The summed E-state index contributed by atoms with van der Waals surface area (Å²) in [4.78, 5) is 36.5. The first-order valence-corrected chi connectivity index (χ1v) is 12.3. The Kier molecular flexibility index (Phi) is 12.6. The number of hydrogen-bond donors (Lipinski definition) is 3. The van der Waals surface area contributed by atoms with Crippen LogP contribution in [0.3, 0.4) is 0 Å². The van der Waals surface area contributed by atoms with Crippen molar-refractivity contribution >= 4 is 17.7 Å². The summed E-state index contributed by atoms with van der Waals surface area (Å²) >= 11 is 0. The van der Waals surface area contributed by atoms with Crippen molar-refractivity contribution in [1.82, 2.24) is 16.0 Å². The molecule has 0 heterocycles. The molecule has 0 aromatic rings. The number of carbonyl (C=O) groups is 3. The molecule has 3 unspecified atom stereocenters. The smallest absolute Gasteiger partial charge is 0.246 e. The number of rotatable bonds is 13. The zero-order valence-corrected chi connectivity index (χ0v) is 23.1. The number of nitrogens with one attached hydrogen (secondary N) is 3. The van der Waals surface area contributed by atoms with Crippen molar-refractivity contribution in [3.63, 3.8) is 0 Å². The summed E-state index contributed by atoms with van der Waals surface area (Å²) in [7, 11) is 0. The lowest BCUT2D eigenvalue weighted by Crippen LogP contribution is -2.43. The minimum absolute atomic E-state index is 0.0214. The van der Waals surface area contributed by atoms with Crippen molar-refractivity contribution in [3.05, 3.63) is 0 Å². The van der Waals surface area contributed by atoms with Crippen LogP contribution in [0.25, 0.3) is 0 Å². The van der Waals surface area contributed by atoms with E-state index in [1.165, 1.54) is 0 Å². The van der Waals surface area contributed by atoms with E-state index in [-0.39, 0.29) is 41.3 Å². The zero-order valence-electron chi connectivity index (χ0n) is 23.1. The fourth-order valence-corrected chi connectivity index (χ4v) is 3.14. The largest absolute Gasteiger partial charge is 0.366 e. The highest BCUT2D eigenvalue weighted by molar-refractivity contribution is 5.81. The molecule has 0 fully saturated rings. The van der Waals surface area contributed by atoms with E-state index in [0.29, 0.717) is 37.9 Å². The van der Waals surface area contributed by atoms with E-state index in [1.807, 2.05) is 41.5 Å². The highest BCUT2D eigenvalue weighted by Gasteiger charge is 2.30. The van der Waals surface area contributed by atoms with E-state index in [9.17, 15) is 14.4 Å². The highest BCUT2D eigenvalue weighted by atomic mass is 16.5. The van der Waals surface area contributed by atoms with Gasteiger partial charge in [-0.05, 0) is 50.4 Å². The molecule has 3 N–H and O–H groups in total. The Morgan fingerprint density at radius 1 is 0.758 bits per heavy atom. The van der Waals surface area contributed by atoms with Gasteiger partial charge in [0.05, 0.1) is 5.60 Å². The van der Waals surface area contributed by atoms with Crippen molar-refractivity contribution < 1.29 is 19.1 Å². The van der Waals surface area contributed by atoms with E-state index < -0.39 is 5.41 Å². The molecule has 7 heteroatoms. The summed E-state index contributed by atoms with van der Waals surface area (Å²) in [5.41, 5.74) is -0.941. The molecule has 0 radical (unpaired) electrons. The number of ether oxygens (including phenoxy) is 1. The quantitative estimate of drug-likeness (QED) is 0.381. The molecule has 0 saturated heterocycles. The van der Waals surface area contributed by atoms with Gasteiger partial charge in [0.25, 0.3) is 0 Å². The van der Waals surface area contributed by atoms with Gasteiger partial charge in [-0.2, -0.15) is 0 Å². The Morgan fingerprint density at radius 2 is 1.24 bits per heavy atom. The molecule has 0 aromatic carbocycles. The second-order valence-electron chi connectivity index (χ2n) is 12.5. The van der Waals surface area contributed by atoms with E-state index in [4.69, 9.17) is 4.74 Å². The van der Waals surface area contributed by atoms with Crippen molar-refractivity contribution in [1.29, 1.82) is 0 Å². The maximum Gasteiger partial charge on any atom is 0.246 e. The molecule has 194 valence electrons. The first kappa shape index (κ1) is 31.4. The van der Waals surface area contributed by atoms with Crippen LogP contribution in [0.15, 0.2) is 0 Å². The number of carbonyl (C=O) groups excluding carboxylic acids is 3. The standard InChI is InChI=1S/C26H51N3O4/c1-18(12-19(2)15-28-22(31)16-33-25(7,8)9)14-27-21(30)13-20(3)26(10,11)17-29-23(32)24(4,5)6/h18-20H,12-17H2,1-11H3,(H,27,30)(H,28,31)(H,29,32). The Hall–Kier alpha value is -1.63. The lowest BCUT2D eigenvalue weighted by atomic mass is 9.77.